The summed E-state index contributed by atoms with van der Waals surface area (Å²) < 4.78 is 5.47. The van der Waals surface area contributed by atoms with E-state index in [1.54, 1.807) is 0 Å². The minimum Gasteiger partial charge on any atom is -0.378 e. The molecule has 0 aromatic carbocycles. The van der Waals surface area contributed by atoms with E-state index < -0.39 is 0 Å². The Morgan fingerprint density at radius 1 is 1.27 bits per heavy atom. The number of nitrogens with one attached hydrogen (secondary N) is 1. The molecule has 26 heavy (non-hydrogen) atoms. The number of aromatic nitrogens is 1. The molecule has 0 saturated carbocycles. The number of pyridine rings is 1. The molecule has 6 nitrogen and oxygen atoms in total. The average Bonchev–Trinajstić information content (AvgIpc) is 2.64. The highest BCUT2D eigenvalue weighted by Crippen LogP contribution is 2.46. The average molecular weight is 360 g/mol. The number of aliphatic imine (C=N–C) groups is 1. The molecule has 0 radical (unpaired) electrons. The highest BCUT2D eigenvalue weighted by atomic mass is 16.5. The van der Waals surface area contributed by atoms with Gasteiger partial charge in [-0.1, -0.05) is 19.9 Å². The van der Waals surface area contributed by atoms with Gasteiger partial charge in [0.1, 0.15) is 5.82 Å². The Balaban J connectivity index is 1.79. The van der Waals surface area contributed by atoms with Crippen molar-refractivity contribution >= 4 is 11.8 Å². The molecule has 3 heterocycles. The molecule has 6 heteroatoms. The molecule has 0 aliphatic carbocycles. The first-order valence-electron chi connectivity index (χ1n) is 9.69. The van der Waals surface area contributed by atoms with E-state index in [0.29, 0.717) is 6.54 Å². The van der Waals surface area contributed by atoms with Crippen LogP contribution in [0.4, 0.5) is 5.82 Å². The minimum absolute atomic E-state index is 0.0932. The van der Waals surface area contributed by atoms with Crippen LogP contribution in [0.3, 0.4) is 0 Å². The summed E-state index contributed by atoms with van der Waals surface area (Å²) in [5.74, 6) is 2.03. The maximum atomic E-state index is 5.47. The summed E-state index contributed by atoms with van der Waals surface area (Å²) in [7, 11) is 0. The van der Waals surface area contributed by atoms with Gasteiger partial charge in [0, 0.05) is 48.9 Å². The van der Waals surface area contributed by atoms with Gasteiger partial charge in [-0.2, -0.15) is 0 Å². The maximum Gasteiger partial charge on any atom is 0.194 e. The van der Waals surface area contributed by atoms with Crippen LogP contribution in [-0.2, 0) is 11.3 Å². The molecule has 0 spiro atoms. The molecular weight excluding hydrogens is 326 g/mol. The first-order valence-corrected chi connectivity index (χ1v) is 9.69. The van der Waals surface area contributed by atoms with Crippen LogP contribution in [0.5, 0.6) is 0 Å². The lowest BCUT2D eigenvalue weighted by molar-refractivity contribution is -0.0667. The van der Waals surface area contributed by atoms with E-state index in [0.717, 1.165) is 51.2 Å². The fraction of sp³-hybridized carbons (Fsp3) is 0.700. The van der Waals surface area contributed by atoms with Crippen molar-refractivity contribution in [1.29, 1.82) is 0 Å². The van der Waals surface area contributed by atoms with Crippen LogP contribution in [0.1, 0.15) is 40.2 Å². The number of likely N-dealkylation sites (tertiary alicyclic amines) is 1. The number of ether oxygens (including phenoxy) is 1. The molecule has 1 aromatic heterocycles. The van der Waals surface area contributed by atoms with Gasteiger partial charge in [0.25, 0.3) is 0 Å². The quantitative estimate of drug-likeness (QED) is 0.661. The zero-order valence-corrected chi connectivity index (χ0v) is 16.9. The fourth-order valence-electron chi connectivity index (χ4n) is 3.57. The van der Waals surface area contributed by atoms with Gasteiger partial charge in [0.15, 0.2) is 5.96 Å². The Hall–Kier alpha value is -1.82. The molecular formula is C20H33N5O. The third kappa shape index (κ3) is 3.52. The summed E-state index contributed by atoms with van der Waals surface area (Å²) >= 11 is 0. The van der Waals surface area contributed by atoms with Crippen molar-refractivity contribution in [3.63, 3.8) is 0 Å². The third-order valence-corrected chi connectivity index (χ3v) is 6.05. The highest BCUT2D eigenvalue weighted by Gasteiger charge is 2.53. The van der Waals surface area contributed by atoms with Crippen molar-refractivity contribution in [2.24, 2.45) is 10.4 Å². The summed E-state index contributed by atoms with van der Waals surface area (Å²) in [6.07, 6.45) is 1.87. The number of rotatable bonds is 4. The summed E-state index contributed by atoms with van der Waals surface area (Å²) in [5.41, 5.74) is 1.55. The number of hydrogen-bond acceptors (Lipinski definition) is 4. The zero-order valence-electron chi connectivity index (χ0n) is 16.9. The van der Waals surface area contributed by atoms with Gasteiger partial charge in [0.2, 0.25) is 0 Å². The van der Waals surface area contributed by atoms with Gasteiger partial charge in [0.05, 0.1) is 19.8 Å². The fourth-order valence-corrected chi connectivity index (χ4v) is 3.57. The Bertz CT molecular complexity index is 649. The molecule has 2 saturated heterocycles. The van der Waals surface area contributed by atoms with Crippen molar-refractivity contribution in [3.8, 4) is 0 Å². The van der Waals surface area contributed by atoms with Crippen LogP contribution in [-0.4, -0.2) is 60.8 Å². The summed E-state index contributed by atoms with van der Waals surface area (Å²) in [6.45, 7) is 17.2. The molecule has 0 unspecified atom stereocenters. The molecule has 2 aliphatic rings. The summed E-state index contributed by atoms with van der Waals surface area (Å²) in [4.78, 5) is 14.3. The molecule has 2 fully saturated rings. The topological polar surface area (TPSA) is 53.0 Å². The second-order valence-electron chi connectivity index (χ2n) is 8.28. The standard InChI is InChI=1S/C20H33N5O/c1-6-21-18(25-15-19(2,3)20(25,4)5)23-14-16-8-7-9-22-17(16)24-10-12-26-13-11-24/h7-9H,6,10-15H2,1-5H3,(H,21,23). The van der Waals surface area contributed by atoms with Gasteiger partial charge in [-0.25, -0.2) is 9.98 Å². The molecule has 0 amide bonds. The number of hydrogen-bond donors (Lipinski definition) is 1. The second kappa shape index (κ2) is 7.43. The molecule has 0 atom stereocenters. The summed E-state index contributed by atoms with van der Waals surface area (Å²) in [6, 6.07) is 4.13. The molecule has 144 valence electrons. The summed E-state index contributed by atoms with van der Waals surface area (Å²) in [5, 5.41) is 3.47. The van der Waals surface area contributed by atoms with Crippen LogP contribution in [0.2, 0.25) is 0 Å². The molecule has 0 bridgehead atoms. The molecule has 3 rings (SSSR count). The van der Waals surface area contributed by atoms with E-state index in [9.17, 15) is 0 Å². The van der Waals surface area contributed by atoms with Crippen LogP contribution in [0.25, 0.3) is 0 Å². The van der Waals surface area contributed by atoms with E-state index >= 15 is 0 Å². The van der Waals surface area contributed by atoms with Crippen LogP contribution < -0.4 is 10.2 Å². The zero-order chi connectivity index (χ0) is 18.8. The smallest absolute Gasteiger partial charge is 0.194 e. The lowest BCUT2D eigenvalue weighted by Gasteiger charge is -2.62. The van der Waals surface area contributed by atoms with E-state index in [1.165, 1.54) is 5.56 Å². The monoisotopic (exact) mass is 359 g/mol. The predicted molar refractivity (Wildman–Crippen MR) is 107 cm³/mol. The molecule has 1 aromatic rings. The normalized spacial score (nSPS) is 22.1. The highest BCUT2D eigenvalue weighted by molar-refractivity contribution is 5.82. The van der Waals surface area contributed by atoms with E-state index in [1.807, 2.05) is 12.3 Å². The minimum atomic E-state index is 0.0932. The van der Waals surface area contributed by atoms with Crippen molar-refractivity contribution in [2.45, 2.75) is 46.7 Å². The van der Waals surface area contributed by atoms with E-state index in [-0.39, 0.29) is 11.0 Å². The van der Waals surface area contributed by atoms with Crippen LogP contribution in [0.15, 0.2) is 23.3 Å². The van der Waals surface area contributed by atoms with Crippen molar-refractivity contribution < 1.29 is 4.74 Å². The Kier molecular flexibility index (Phi) is 5.42. The Morgan fingerprint density at radius 2 is 2.00 bits per heavy atom. The van der Waals surface area contributed by atoms with Gasteiger partial charge in [-0.15, -0.1) is 0 Å². The molecule has 1 N–H and O–H groups in total. The Labute approximate surface area is 157 Å². The largest absolute Gasteiger partial charge is 0.378 e. The first-order chi connectivity index (χ1) is 12.4. The Morgan fingerprint density at radius 3 is 2.62 bits per heavy atom. The first kappa shape index (κ1) is 19.0. The lowest BCUT2D eigenvalue weighted by Crippen LogP contribution is -2.72. The number of nitrogens with zero attached hydrogens (tertiary/aromatic N) is 4. The van der Waals surface area contributed by atoms with Crippen molar-refractivity contribution in [3.05, 3.63) is 23.9 Å². The van der Waals surface area contributed by atoms with Crippen molar-refractivity contribution in [2.75, 3.05) is 44.3 Å². The van der Waals surface area contributed by atoms with E-state index in [2.05, 4.69) is 60.8 Å². The van der Waals surface area contributed by atoms with Gasteiger partial charge >= 0.3 is 0 Å². The number of anilines is 1. The number of guanidine groups is 1. The van der Waals surface area contributed by atoms with Crippen LogP contribution in [0, 0.1) is 5.41 Å². The third-order valence-electron chi connectivity index (χ3n) is 6.05. The van der Waals surface area contributed by atoms with Crippen molar-refractivity contribution in [1.82, 2.24) is 15.2 Å². The number of morpholine rings is 1. The van der Waals surface area contributed by atoms with Gasteiger partial charge in [-0.05, 0) is 26.8 Å². The van der Waals surface area contributed by atoms with Crippen LogP contribution >= 0.6 is 0 Å². The maximum absolute atomic E-state index is 5.47. The SMILES string of the molecule is CCNC(=NCc1cccnc1N1CCOCC1)N1CC(C)(C)C1(C)C. The van der Waals surface area contributed by atoms with Gasteiger partial charge in [-0.3, -0.25) is 0 Å². The lowest BCUT2D eigenvalue weighted by atomic mass is 9.65. The second-order valence-corrected chi connectivity index (χ2v) is 8.28. The molecule has 2 aliphatic heterocycles. The van der Waals surface area contributed by atoms with Gasteiger partial charge < -0.3 is 19.9 Å². The predicted octanol–water partition coefficient (Wildman–Crippen LogP) is 2.50. The van der Waals surface area contributed by atoms with E-state index in [4.69, 9.17) is 9.73 Å².